The summed E-state index contributed by atoms with van der Waals surface area (Å²) in [6.45, 7) is 3.14. The number of hydrogen-bond acceptors (Lipinski definition) is 8. The zero-order valence-electron chi connectivity index (χ0n) is 19.7. The van der Waals surface area contributed by atoms with Crippen LogP contribution in [0.1, 0.15) is 23.2 Å². The van der Waals surface area contributed by atoms with E-state index in [-0.39, 0.29) is 11.9 Å². The second-order valence-corrected chi connectivity index (χ2v) is 8.27. The molecule has 1 aliphatic rings. The van der Waals surface area contributed by atoms with E-state index in [1.165, 1.54) is 6.07 Å². The van der Waals surface area contributed by atoms with Crippen LogP contribution in [0.4, 0.5) is 10.1 Å². The van der Waals surface area contributed by atoms with Gasteiger partial charge >= 0.3 is 0 Å². The van der Waals surface area contributed by atoms with Crippen molar-refractivity contribution in [1.29, 1.82) is 0 Å². The second-order valence-electron chi connectivity index (χ2n) is 8.27. The first kappa shape index (κ1) is 22.9. The van der Waals surface area contributed by atoms with Gasteiger partial charge in [-0.1, -0.05) is 18.2 Å². The zero-order valence-corrected chi connectivity index (χ0v) is 19.7. The Balaban J connectivity index is 1.47. The van der Waals surface area contributed by atoms with E-state index in [2.05, 4.69) is 25.3 Å². The summed E-state index contributed by atoms with van der Waals surface area (Å²) in [6, 6.07) is 16.2. The molecule has 1 saturated heterocycles. The first-order chi connectivity index (χ1) is 17.2. The van der Waals surface area contributed by atoms with Crippen molar-refractivity contribution in [3.8, 4) is 11.5 Å². The van der Waals surface area contributed by atoms with Crippen molar-refractivity contribution in [2.45, 2.75) is 12.6 Å². The third-order valence-corrected chi connectivity index (χ3v) is 6.29. The van der Waals surface area contributed by atoms with Gasteiger partial charge < -0.3 is 18.8 Å². The van der Waals surface area contributed by atoms with Crippen LogP contribution in [-0.2, 0) is 6.54 Å². The lowest BCUT2D eigenvalue weighted by molar-refractivity contribution is 0.200. The summed E-state index contributed by atoms with van der Waals surface area (Å²) in [7, 11) is 3.23. The van der Waals surface area contributed by atoms with Gasteiger partial charge in [0, 0.05) is 26.2 Å². The van der Waals surface area contributed by atoms with Crippen LogP contribution in [0.25, 0.3) is 0 Å². The predicted molar refractivity (Wildman–Crippen MR) is 127 cm³/mol. The molecular weight excluding hydrogens is 451 g/mol. The topological polar surface area (TPSA) is 81.7 Å². The molecule has 2 aromatic heterocycles. The number of methoxy groups -OCH3 is 2. The van der Waals surface area contributed by atoms with Crippen LogP contribution in [0, 0.1) is 5.82 Å². The van der Waals surface area contributed by atoms with E-state index < -0.39 is 0 Å². The summed E-state index contributed by atoms with van der Waals surface area (Å²) in [4.78, 5) is 4.38. The molecule has 182 valence electrons. The maximum Gasteiger partial charge on any atom is 0.173 e. The van der Waals surface area contributed by atoms with Crippen LogP contribution < -0.4 is 14.4 Å². The zero-order chi connectivity index (χ0) is 24.2. The number of rotatable bonds is 8. The molecule has 0 amide bonds. The van der Waals surface area contributed by atoms with Crippen LogP contribution in [-0.4, -0.2) is 65.5 Å². The molecule has 10 heteroatoms. The number of piperazine rings is 1. The molecule has 4 aromatic rings. The maximum absolute atomic E-state index is 14.4. The normalized spacial score (nSPS) is 15.2. The van der Waals surface area contributed by atoms with Gasteiger partial charge in [-0.3, -0.25) is 4.90 Å². The number of halogens is 1. The fourth-order valence-corrected chi connectivity index (χ4v) is 4.55. The lowest BCUT2D eigenvalue weighted by Crippen LogP contribution is -2.48. The number of ether oxygens (including phenoxy) is 2. The van der Waals surface area contributed by atoms with E-state index in [9.17, 15) is 4.39 Å². The third kappa shape index (κ3) is 4.69. The van der Waals surface area contributed by atoms with Gasteiger partial charge in [-0.25, -0.2) is 9.07 Å². The smallest absolute Gasteiger partial charge is 0.173 e. The van der Waals surface area contributed by atoms with Gasteiger partial charge in [0.25, 0.3) is 0 Å². The number of benzene rings is 2. The number of hydrogen-bond donors (Lipinski definition) is 0. The third-order valence-electron chi connectivity index (χ3n) is 6.29. The van der Waals surface area contributed by atoms with Crippen LogP contribution in [0.2, 0.25) is 0 Å². The molecule has 0 bridgehead atoms. The highest BCUT2D eigenvalue weighted by atomic mass is 19.1. The molecular formula is C25H27FN6O3. The molecule has 0 saturated carbocycles. The van der Waals surface area contributed by atoms with E-state index in [4.69, 9.17) is 13.9 Å². The van der Waals surface area contributed by atoms with Crippen molar-refractivity contribution >= 4 is 5.69 Å². The minimum Gasteiger partial charge on any atom is -0.493 e. The molecule has 35 heavy (non-hydrogen) atoms. The molecule has 0 unspecified atom stereocenters. The minimum atomic E-state index is -0.248. The van der Waals surface area contributed by atoms with Crippen molar-refractivity contribution in [2.24, 2.45) is 0 Å². The minimum absolute atomic E-state index is 0.209. The van der Waals surface area contributed by atoms with Crippen molar-refractivity contribution in [1.82, 2.24) is 25.1 Å². The van der Waals surface area contributed by atoms with Crippen molar-refractivity contribution in [2.75, 3.05) is 45.3 Å². The van der Waals surface area contributed by atoms with Crippen molar-refractivity contribution in [3.05, 3.63) is 83.8 Å². The monoisotopic (exact) mass is 478 g/mol. The fraction of sp³-hybridized carbons (Fsp3) is 0.320. The van der Waals surface area contributed by atoms with E-state index in [0.717, 1.165) is 11.3 Å². The Hall–Kier alpha value is -3.92. The Labute approximate surface area is 202 Å². The van der Waals surface area contributed by atoms with E-state index in [0.29, 0.717) is 55.7 Å². The van der Waals surface area contributed by atoms with Crippen LogP contribution in [0.5, 0.6) is 11.5 Å². The number of nitrogens with zero attached hydrogens (tertiary/aromatic N) is 6. The van der Waals surface area contributed by atoms with Crippen molar-refractivity contribution < 1.29 is 18.3 Å². The summed E-state index contributed by atoms with van der Waals surface area (Å²) in [6.07, 6.45) is 1.63. The van der Waals surface area contributed by atoms with Gasteiger partial charge in [-0.15, -0.1) is 5.10 Å². The van der Waals surface area contributed by atoms with Gasteiger partial charge in [0.1, 0.15) is 18.1 Å². The van der Waals surface area contributed by atoms with Gasteiger partial charge in [-0.2, -0.15) is 0 Å². The van der Waals surface area contributed by atoms with Gasteiger partial charge in [0.05, 0.1) is 32.2 Å². The lowest BCUT2D eigenvalue weighted by atomic mass is 10.0. The quantitative estimate of drug-likeness (QED) is 0.381. The Bertz CT molecular complexity index is 1250. The molecule has 3 heterocycles. The average molecular weight is 479 g/mol. The molecule has 9 nitrogen and oxygen atoms in total. The van der Waals surface area contributed by atoms with Crippen LogP contribution in [0.15, 0.2) is 65.3 Å². The Morgan fingerprint density at radius 2 is 1.77 bits per heavy atom. The first-order valence-corrected chi connectivity index (χ1v) is 11.4. The molecule has 1 atom stereocenters. The largest absolute Gasteiger partial charge is 0.493 e. The number of aromatic nitrogens is 4. The number of anilines is 1. The summed E-state index contributed by atoms with van der Waals surface area (Å²) < 4.78 is 32.7. The highest BCUT2D eigenvalue weighted by Crippen LogP contribution is 2.35. The molecule has 0 N–H and O–H groups in total. The SMILES string of the molecule is COc1ccc([C@H](c2nnnn2Cc2ccco2)N2CCN(c3ccccc3F)CC2)cc1OC. The van der Waals surface area contributed by atoms with E-state index in [1.807, 2.05) is 42.5 Å². The summed E-state index contributed by atoms with van der Waals surface area (Å²) in [5, 5.41) is 12.6. The predicted octanol–water partition coefficient (Wildman–Crippen LogP) is 3.38. The number of tetrazole rings is 1. The van der Waals surface area contributed by atoms with Crippen LogP contribution >= 0.6 is 0 Å². The van der Waals surface area contributed by atoms with Gasteiger partial charge in [0.2, 0.25) is 0 Å². The number of para-hydroxylation sites is 1. The fourth-order valence-electron chi connectivity index (χ4n) is 4.55. The summed E-state index contributed by atoms with van der Waals surface area (Å²) >= 11 is 0. The summed E-state index contributed by atoms with van der Waals surface area (Å²) in [5.74, 6) is 2.52. The molecule has 0 aliphatic carbocycles. The second kappa shape index (κ2) is 10.1. The van der Waals surface area contributed by atoms with Crippen molar-refractivity contribution in [3.63, 3.8) is 0 Å². The highest BCUT2D eigenvalue weighted by molar-refractivity contribution is 5.48. The standard InChI is InChI=1S/C25H27FN6O3/c1-33-22-10-9-18(16-23(22)34-2)24(25-27-28-29-32(25)17-19-6-5-15-35-19)31-13-11-30(12-14-31)21-8-4-3-7-20(21)26/h3-10,15-16,24H,11-14,17H2,1-2H3/t24-/m1/s1. The molecule has 2 aromatic carbocycles. The molecule has 0 radical (unpaired) electrons. The van der Waals surface area contributed by atoms with Crippen LogP contribution in [0.3, 0.4) is 0 Å². The van der Waals surface area contributed by atoms with E-state index >= 15 is 0 Å². The molecule has 1 fully saturated rings. The Morgan fingerprint density at radius 1 is 0.971 bits per heavy atom. The van der Waals surface area contributed by atoms with E-state index in [1.54, 1.807) is 31.2 Å². The molecule has 5 rings (SSSR count). The molecule has 1 aliphatic heterocycles. The maximum atomic E-state index is 14.4. The Kier molecular flexibility index (Phi) is 6.62. The first-order valence-electron chi connectivity index (χ1n) is 11.4. The summed E-state index contributed by atoms with van der Waals surface area (Å²) in [5.41, 5.74) is 1.59. The highest BCUT2D eigenvalue weighted by Gasteiger charge is 2.32. The Morgan fingerprint density at radius 3 is 2.49 bits per heavy atom. The van der Waals surface area contributed by atoms with Gasteiger partial charge in [-0.05, 0) is 52.4 Å². The molecule has 0 spiro atoms. The number of furan rings is 1. The van der Waals surface area contributed by atoms with Gasteiger partial charge in [0.15, 0.2) is 17.3 Å². The average Bonchev–Trinajstić information content (AvgIpc) is 3.58. The lowest BCUT2D eigenvalue weighted by Gasteiger charge is -2.40.